The monoisotopic (exact) mass is 522 g/mol. The van der Waals surface area contributed by atoms with Gasteiger partial charge in [0.15, 0.2) is 0 Å². The Bertz CT molecular complexity index is 1280. The molecule has 174 valence electrons. The number of hydrogen-bond acceptors (Lipinski definition) is 5. The highest BCUT2D eigenvalue weighted by molar-refractivity contribution is 9.10. The van der Waals surface area contributed by atoms with E-state index in [1.165, 1.54) is 6.08 Å². The summed E-state index contributed by atoms with van der Waals surface area (Å²) in [7, 11) is 1.59. The number of aromatic nitrogens is 2. The number of rotatable bonds is 7. The Labute approximate surface area is 205 Å². The van der Waals surface area contributed by atoms with Gasteiger partial charge in [-0.1, -0.05) is 30.9 Å². The summed E-state index contributed by atoms with van der Waals surface area (Å²) in [5.74, 6) is 0.122. The van der Waals surface area contributed by atoms with Crippen molar-refractivity contribution in [2.75, 3.05) is 13.7 Å². The van der Waals surface area contributed by atoms with Crippen LogP contribution in [0, 0.1) is 0 Å². The number of nitrogens with one attached hydrogen (secondary N) is 2. The van der Waals surface area contributed by atoms with Crippen molar-refractivity contribution >= 4 is 27.9 Å². The minimum absolute atomic E-state index is 0.0534. The fraction of sp³-hybridized carbons (Fsp3) is 0.160. The molecule has 34 heavy (non-hydrogen) atoms. The number of nitrogens with zero attached hydrogens (tertiary/aromatic N) is 2. The molecule has 3 aromatic rings. The second-order valence-corrected chi connectivity index (χ2v) is 8.37. The van der Waals surface area contributed by atoms with E-state index in [2.05, 4.69) is 33.1 Å². The van der Waals surface area contributed by atoms with Crippen LogP contribution in [-0.4, -0.2) is 35.5 Å². The van der Waals surface area contributed by atoms with E-state index in [0.717, 1.165) is 15.7 Å². The molecule has 1 aliphatic heterocycles. The molecule has 0 fully saturated rings. The van der Waals surface area contributed by atoms with Gasteiger partial charge < -0.3 is 20.1 Å². The van der Waals surface area contributed by atoms with Crippen LogP contribution in [0.1, 0.15) is 18.5 Å². The molecule has 1 unspecified atom stereocenters. The van der Waals surface area contributed by atoms with Crippen LogP contribution in [0.3, 0.4) is 0 Å². The lowest BCUT2D eigenvalue weighted by molar-refractivity contribution is -0.138. The molecule has 0 saturated carbocycles. The quantitative estimate of drug-likeness (QED) is 0.347. The second kappa shape index (κ2) is 9.96. The first-order valence-corrected chi connectivity index (χ1v) is 11.3. The van der Waals surface area contributed by atoms with Gasteiger partial charge >= 0.3 is 12.0 Å². The average molecular weight is 523 g/mol. The summed E-state index contributed by atoms with van der Waals surface area (Å²) in [6.45, 7) is 5.31. The number of halogens is 1. The number of para-hydroxylation sites is 1. The van der Waals surface area contributed by atoms with Crippen molar-refractivity contribution in [3.63, 3.8) is 0 Å². The SMILES string of the molecule is C=CCOC(=O)C1=C(C)NC(=O)NC1c1cn(-c2ccccc2)nc1-c1ccc(OC)c(Br)c1. The highest BCUT2D eigenvalue weighted by Crippen LogP contribution is 2.37. The Morgan fingerprint density at radius 3 is 2.71 bits per heavy atom. The summed E-state index contributed by atoms with van der Waals surface area (Å²) in [6, 6.07) is 14.0. The van der Waals surface area contributed by atoms with E-state index in [1.54, 1.807) is 18.7 Å². The first kappa shape index (κ1) is 23.3. The molecule has 2 amide bonds. The number of hydrogen-bond donors (Lipinski definition) is 2. The first-order chi connectivity index (χ1) is 16.4. The van der Waals surface area contributed by atoms with Gasteiger partial charge in [-0.3, -0.25) is 0 Å². The lowest BCUT2D eigenvalue weighted by Gasteiger charge is -2.27. The minimum atomic E-state index is -0.778. The van der Waals surface area contributed by atoms with E-state index < -0.39 is 18.0 Å². The Hall–Kier alpha value is -3.85. The number of carbonyl (C=O) groups excluding carboxylic acids is 2. The summed E-state index contributed by atoms with van der Waals surface area (Å²) < 4.78 is 13.1. The van der Waals surface area contributed by atoms with E-state index in [4.69, 9.17) is 14.6 Å². The third kappa shape index (κ3) is 4.60. The van der Waals surface area contributed by atoms with Gasteiger partial charge in [-0.25, -0.2) is 14.3 Å². The molecule has 0 spiro atoms. The predicted octanol–water partition coefficient (Wildman–Crippen LogP) is 4.67. The normalized spacial score (nSPS) is 15.4. The minimum Gasteiger partial charge on any atom is -0.496 e. The van der Waals surface area contributed by atoms with Crippen LogP contribution in [0.25, 0.3) is 16.9 Å². The molecule has 1 atom stereocenters. The molecule has 2 heterocycles. The number of carbonyl (C=O) groups is 2. The molecule has 2 aromatic carbocycles. The van der Waals surface area contributed by atoms with Crippen LogP contribution in [0.15, 0.2) is 83.1 Å². The lowest BCUT2D eigenvalue weighted by Crippen LogP contribution is -2.45. The van der Waals surface area contributed by atoms with Gasteiger partial charge in [-0.2, -0.15) is 5.10 Å². The van der Waals surface area contributed by atoms with Crippen molar-refractivity contribution in [3.05, 3.63) is 88.7 Å². The van der Waals surface area contributed by atoms with Gasteiger partial charge in [0, 0.05) is 23.0 Å². The van der Waals surface area contributed by atoms with Gasteiger partial charge in [0.2, 0.25) is 0 Å². The zero-order valence-electron chi connectivity index (χ0n) is 18.7. The molecule has 8 nitrogen and oxygen atoms in total. The highest BCUT2D eigenvalue weighted by atomic mass is 79.9. The summed E-state index contributed by atoms with van der Waals surface area (Å²) in [5.41, 5.74) is 3.56. The molecule has 2 N–H and O–H groups in total. The van der Waals surface area contributed by atoms with Gasteiger partial charge in [-0.15, -0.1) is 0 Å². The van der Waals surface area contributed by atoms with E-state index in [9.17, 15) is 9.59 Å². The molecule has 9 heteroatoms. The van der Waals surface area contributed by atoms with Crippen molar-refractivity contribution in [1.29, 1.82) is 0 Å². The number of allylic oxidation sites excluding steroid dienone is 1. The van der Waals surface area contributed by atoms with Gasteiger partial charge in [0.05, 0.1) is 34.6 Å². The summed E-state index contributed by atoms with van der Waals surface area (Å²) in [6.07, 6.45) is 3.30. The molecule has 1 aliphatic rings. The zero-order valence-corrected chi connectivity index (χ0v) is 20.3. The van der Waals surface area contributed by atoms with E-state index in [1.807, 2.05) is 54.7 Å². The molecule has 0 aliphatic carbocycles. The maximum absolute atomic E-state index is 12.9. The smallest absolute Gasteiger partial charge is 0.338 e. The highest BCUT2D eigenvalue weighted by Gasteiger charge is 2.35. The molecule has 0 radical (unpaired) electrons. The molecular weight excluding hydrogens is 500 g/mol. The molecule has 4 rings (SSSR count). The number of benzene rings is 2. The van der Waals surface area contributed by atoms with Crippen LogP contribution in [0.2, 0.25) is 0 Å². The Morgan fingerprint density at radius 1 is 1.26 bits per heavy atom. The van der Waals surface area contributed by atoms with Crippen LogP contribution in [-0.2, 0) is 9.53 Å². The maximum Gasteiger partial charge on any atom is 0.338 e. The summed E-state index contributed by atoms with van der Waals surface area (Å²) >= 11 is 3.53. The number of ether oxygens (including phenoxy) is 2. The van der Waals surface area contributed by atoms with Crippen LogP contribution in [0.4, 0.5) is 4.79 Å². The van der Waals surface area contributed by atoms with E-state index >= 15 is 0 Å². The lowest BCUT2D eigenvalue weighted by atomic mass is 9.94. The van der Waals surface area contributed by atoms with Crippen molar-refractivity contribution in [3.8, 4) is 22.7 Å². The zero-order chi connectivity index (χ0) is 24.2. The Kier molecular flexibility index (Phi) is 6.83. The third-order valence-electron chi connectivity index (χ3n) is 5.32. The molecule has 0 bridgehead atoms. The van der Waals surface area contributed by atoms with Gasteiger partial charge in [0.1, 0.15) is 12.4 Å². The summed E-state index contributed by atoms with van der Waals surface area (Å²) in [5, 5.41) is 10.3. The van der Waals surface area contributed by atoms with E-state index in [-0.39, 0.29) is 6.61 Å². The topological polar surface area (TPSA) is 94.5 Å². The maximum atomic E-state index is 12.9. The Balaban J connectivity index is 1.89. The van der Waals surface area contributed by atoms with Gasteiger partial charge in [-0.05, 0) is 53.2 Å². The van der Waals surface area contributed by atoms with Crippen molar-refractivity contribution in [1.82, 2.24) is 20.4 Å². The fourth-order valence-corrected chi connectivity index (χ4v) is 4.30. The van der Waals surface area contributed by atoms with Gasteiger partial charge in [0.25, 0.3) is 0 Å². The molecule has 1 aromatic heterocycles. The number of urea groups is 1. The van der Waals surface area contributed by atoms with Crippen LogP contribution >= 0.6 is 15.9 Å². The van der Waals surface area contributed by atoms with E-state index in [0.29, 0.717) is 28.3 Å². The number of methoxy groups -OCH3 is 1. The first-order valence-electron chi connectivity index (χ1n) is 10.5. The second-order valence-electron chi connectivity index (χ2n) is 7.52. The Morgan fingerprint density at radius 2 is 2.03 bits per heavy atom. The number of amides is 2. The van der Waals surface area contributed by atoms with Crippen molar-refractivity contribution < 1.29 is 19.1 Å². The standard InChI is InChI=1S/C25H23BrN4O4/c1-4-12-34-24(31)21-15(2)27-25(32)28-23(21)18-14-30(17-8-6-5-7-9-17)29-22(18)16-10-11-20(33-3)19(26)13-16/h4-11,13-14,23H,1,12H2,2-3H3,(H2,27,28,32). The van der Waals surface area contributed by atoms with Crippen molar-refractivity contribution in [2.24, 2.45) is 0 Å². The molecule has 0 saturated heterocycles. The molecular formula is C25H23BrN4O4. The fourth-order valence-electron chi connectivity index (χ4n) is 3.76. The van der Waals surface area contributed by atoms with Crippen LogP contribution in [0.5, 0.6) is 5.75 Å². The summed E-state index contributed by atoms with van der Waals surface area (Å²) in [4.78, 5) is 25.4. The van der Waals surface area contributed by atoms with Crippen molar-refractivity contribution in [2.45, 2.75) is 13.0 Å². The number of esters is 1. The third-order valence-corrected chi connectivity index (χ3v) is 5.94. The predicted molar refractivity (Wildman–Crippen MR) is 132 cm³/mol. The average Bonchev–Trinajstić information content (AvgIpc) is 3.28. The van der Waals surface area contributed by atoms with Crippen LogP contribution < -0.4 is 15.4 Å². The largest absolute Gasteiger partial charge is 0.496 e.